The SMILES string of the molecule is O=[N+]([O-])c1ccc(S(=O)(=O)NCCCCc2ccccc2)cc1. The normalized spacial score (nSPS) is 11.3. The third-order valence-corrected chi connectivity index (χ3v) is 4.86. The lowest BCUT2D eigenvalue weighted by Gasteiger charge is -2.06. The number of hydrogen-bond acceptors (Lipinski definition) is 4. The molecule has 0 aromatic heterocycles. The fourth-order valence-corrected chi connectivity index (χ4v) is 3.21. The maximum atomic E-state index is 12.1. The van der Waals surface area contributed by atoms with Crippen LogP contribution in [0.2, 0.25) is 0 Å². The number of benzene rings is 2. The molecule has 0 fully saturated rings. The molecule has 0 heterocycles. The van der Waals surface area contributed by atoms with Crippen molar-refractivity contribution >= 4 is 15.7 Å². The molecule has 6 nitrogen and oxygen atoms in total. The van der Waals surface area contributed by atoms with Crippen molar-refractivity contribution in [3.63, 3.8) is 0 Å². The number of nitrogens with one attached hydrogen (secondary N) is 1. The number of nitrogens with zero attached hydrogens (tertiary/aromatic N) is 1. The van der Waals surface area contributed by atoms with Gasteiger partial charge in [-0.3, -0.25) is 10.1 Å². The third kappa shape index (κ3) is 5.15. The van der Waals surface area contributed by atoms with E-state index < -0.39 is 14.9 Å². The zero-order valence-electron chi connectivity index (χ0n) is 12.5. The summed E-state index contributed by atoms with van der Waals surface area (Å²) in [5.74, 6) is 0. The fraction of sp³-hybridized carbons (Fsp3) is 0.250. The number of sulfonamides is 1. The molecule has 2 aromatic carbocycles. The number of aryl methyl sites for hydroxylation is 1. The molecule has 7 heteroatoms. The third-order valence-electron chi connectivity index (χ3n) is 3.38. The molecule has 2 rings (SSSR count). The number of rotatable bonds is 8. The molecule has 23 heavy (non-hydrogen) atoms. The van der Waals surface area contributed by atoms with E-state index in [1.165, 1.54) is 29.8 Å². The Morgan fingerprint density at radius 1 is 0.957 bits per heavy atom. The van der Waals surface area contributed by atoms with Gasteiger partial charge in [-0.1, -0.05) is 30.3 Å². The van der Waals surface area contributed by atoms with Gasteiger partial charge in [0.25, 0.3) is 5.69 Å². The van der Waals surface area contributed by atoms with Gasteiger partial charge in [-0.25, -0.2) is 13.1 Å². The first-order valence-electron chi connectivity index (χ1n) is 7.27. The second-order valence-electron chi connectivity index (χ2n) is 5.09. The smallest absolute Gasteiger partial charge is 0.258 e. The zero-order valence-corrected chi connectivity index (χ0v) is 13.3. The van der Waals surface area contributed by atoms with Crippen molar-refractivity contribution in [2.24, 2.45) is 0 Å². The highest BCUT2D eigenvalue weighted by Gasteiger charge is 2.14. The van der Waals surface area contributed by atoms with Crippen LogP contribution in [0, 0.1) is 10.1 Å². The van der Waals surface area contributed by atoms with E-state index in [4.69, 9.17) is 0 Å². The minimum absolute atomic E-state index is 0.0335. The lowest BCUT2D eigenvalue weighted by Crippen LogP contribution is -2.24. The molecule has 0 unspecified atom stereocenters. The van der Waals surface area contributed by atoms with Gasteiger partial charge in [-0.2, -0.15) is 0 Å². The molecule has 0 aliphatic carbocycles. The molecule has 0 amide bonds. The zero-order chi connectivity index (χ0) is 16.7. The summed E-state index contributed by atoms with van der Waals surface area (Å²) < 4.78 is 26.6. The molecule has 0 aliphatic heterocycles. The number of non-ortho nitro benzene ring substituents is 1. The van der Waals surface area contributed by atoms with Crippen molar-refractivity contribution < 1.29 is 13.3 Å². The Labute approximate surface area is 135 Å². The summed E-state index contributed by atoms with van der Waals surface area (Å²) in [6.45, 7) is 0.339. The van der Waals surface area contributed by atoms with Crippen LogP contribution in [0.1, 0.15) is 18.4 Å². The van der Waals surface area contributed by atoms with Gasteiger partial charge < -0.3 is 0 Å². The van der Waals surface area contributed by atoms with Gasteiger partial charge >= 0.3 is 0 Å². The Hall–Kier alpha value is -2.25. The summed E-state index contributed by atoms with van der Waals surface area (Å²) >= 11 is 0. The monoisotopic (exact) mass is 334 g/mol. The maximum absolute atomic E-state index is 12.1. The average Bonchev–Trinajstić information content (AvgIpc) is 2.55. The highest BCUT2D eigenvalue weighted by molar-refractivity contribution is 7.89. The second-order valence-corrected chi connectivity index (χ2v) is 6.86. The molecule has 0 saturated carbocycles. The van der Waals surface area contributed by atoms with Crippen LogP contribution in [-0.2, 0) is 16.4 Å². The van der Waals surface area contributed by atoms with Gasteiger partial charge in [0.15, 0.2) is 0 Å². The van der Waals surface area contributed by atoms with E-state index in [2.05, 4.69) is 4.72 Å². The summed E-state index contributed by atoms with van der Waals surface area (Å²) in [7, 11) is -3.62. The molecular weight excluding hydrogens is 316 g/mol. The Morgan fingerprint density at radius 3 is 2.22 bits per heavy atom. The predicted octanol–water partition coefficient (Wildman–Crippen LogP) is 2.90. The molecule has 0 atom stereocenters. The summed E-state index contributed by atoms with van der Waals surface area (Å²) in [5.41, 5.74) is 1.09. The first-order valence-corrected chi connectivity index (χ1v) is 8.75. The lowest BCUT2D eigenvalue weighted by molar-refractivity contribution is -0.384. The van der Waals surface area contributed by atoms with E-state index in [0.29, 0.717) is 6.54 Å². The lowest BCUT2D eigenvalue weighted by atomic mass is 10.1. The topological polar surface area (TPSA) is 89.3 Å². The standard InChI is InChI=1S/C16H18N2O4S/c19-18(20)15-9-11-16(12-10-15)23(21,22)17-13-5-4-8-14-6-2-1-3-7-14/h1-3,6-7,9-12,17H,4-5,8,13H2. The highest BCUT2D eigenvalue weighted by atomic mass is 32.2. The summed E-state index contributed by atoms with van der Waals surface area (Å²) in [5, 5.41) is 10.6. The fourth-order valence-electron chi connectivity index (χ4n) is 2.14. The number of hydrogen-bond donors (Lipinski definition) is 1. The first-order chi connectivity index (χ1) is 11.0. The summed E-state index contributed by atoms with van der Waals surface area (Å²) in [4.78, 5) is 10.0. The van der Waals surface area contributed by atoms with Crippen LogP contribution in [0.4, 0.5) is 5.69 Å². The van der Waals surface area contributed by atoms with Gasteiger partial charge in [0.1, 0.15) is 0 Å². The van der Waals surface area contributed by atoms with Crippen LogP contribution in [0.5, 0.6) is 0 Å². The number of nitro groups is 1. The van der Waals surface area contributed by atoms with E-state index in [-0.39, 0.29) is 10.6 Å². The number of nitro benzene ring substituents is 1. The minimum Gasteiger partial charge on any atom is -0.258 e. The Bertz CT molecular complexity index is 743. The Balaban J connectivity index is 1.81. The van der Waals surface area contributed by atoms with Gasteiger partial charge in [0, 0.05) is 18.7 Å². The van der Waals surface area contributed by atoms with Crippen molar-refractivity contribution in [2.75, 3.05) is 6.54 Å². The second kappa shape index (κ2) is 7.85. The van der Waals surface area contributed by atoms with Gasteiger partial charge in [-0.05, 0) is 37.0 Å². The van der Waals surface area contributed by atoms with Gasteiger partial charge in [-0.15, -0.1) is 0 Å². The molecule has 0 spiro atoms. The van der Waals surface area contributed by atoms with E-state index in [1.807, 2.05) is 30.3 Å². The van der Waals surface area contributed by atoms with E-state index in [1.54, 1.807) is 0 Å². The molecule has 0 bridgehead atoms. The van der Waals surface area contributed by atoms with Crippen molar-refractivity contribution in [1.82, 2.24) is 4.72 Å². The van der Waals surface area contributed by atoms with Crippen LogP contribution in [0.15, 0.2) is 59.5 Å². The highest BCUT2D eigenvalue weighted by Crippen LogP contribution is 2.15. The quantitative estimate of drug-likeness (QED) is 0.456. The van der Waals surface area contributed by atoms with Crippen molar-refractivity contribution in [1.29, 1.82) is 0 Å². The van der Waals surface area contributed by atoms with E-state index in [9.17, 15) is 18.5 Å². The molecular formula is C16H18N2O4S. The van der Waals surface area contributed by atoms with Crippen LogP contribution in [-0.4, -0.2) is 19.9 Å². The molecule has 0 aliphatic rings. The minimum atomic E-state index is -3.62. The average molecular weight is 334 g/mol. The molecule has 0 radical (unpaired) electrons. The molecule has 1 N–H and O–H groups in total. The van der Waals surface area contributed by atoms with Crippen LogP contribution >= 0.6 is 0 Å². The van der Waals surface area contributed by atoms with Crippen LogP contribution < -0.4 is 4.72 Å². The van der Waals surface area contributed by atoms with Gasteiger partial charge in [0.05, 0.1) is 9.82 Å². The summed E-state index contributed by atoms with van der Waals surface area (Å²) in [6, 6.07) is 14.9. The van der Waals surface area contributed by atoms with Gasteiger partial charge in [0.2, 0.25) is 10.0 Å². The largest absolute Gasteiger partial charge is 0.269 e. The first kappa shape index (κ1) is 17.1. The van der Waals surface area contributed by atoms with Crippen LogP contribution in [0.25, 0.3) is 0 Å². The van der Waals surface area contributed by atoms with E-state index >= 15 is 0 Å². The van der Waals surface area contributed by atoms with Crippen molar-refractivity contribution in [3.05, 3.63) is 70.3 Å². The molecule has 2 aromatic rings. The molecule has 122 valence electrons. The van der Waals surface area contributed by atoms with Crippen LogP contribution in [0.3, 0.4) is 0 Å². The molecule has 0 saturated heterocycles. The van der Waals surface area contributed by atoms with E-state index in [0.717, 1.165) is 19.3 Å². The Kier molecular flexibility index (Phi) is 5.84. The summed E-state index contributed by atoms with van der Waals surface area (Å²) in [6.07, 6.45) is 2.51. The van der Waals surface area contributed by atoms with Crippen molar-refractivity contribution in [2.45, 2.75) is 24.2 Å². The predicted molar refractivity (Wildman–Crippen MR) is 87.7 cm³/mol. The maximum Gasteiger partial charge on any atom is 0.269 e. The van der Waals surface area contributed by atoms with Crippen molar-refractivity contribution in [3.8, 4) is 0 Å². The number of unbranched alkanes of at least 4 members (excludes halogenated alkanes) is 1. The Morgan fingerprint density at radius 2 is 1.61 bits per heavy atom.